The van der Waals surface area contributed by atoms with Crippen LogP contribution in [-0.4, -0.2) is 105 Å². The zero-order chi connectivity index (χ0) is 35.7. The Labute approximate surface area is 300 Å². The number of fused-ring (bicyclic) bond motifs is 1. The summed E-state index contributed by atoms with van der Waals surface area (Å²) >= 11 is 3.76. The van der Waals surface area contributed by atoms with Crippen molar-refractivity contribution in [2.24, 2.45) is 11.8 Å². The second-order valence-corrected chi connectivity index (χ2v) is 14.8. The van der Waals surface area contributed by atoms with Gasteiger partial charge in [0.25, 0.3) is 0 Å². The van der Waals surface area contributed by atoms with Gasteiger partial charge in [-0.15, -0.1) is 13.2 Å². The SMILES string of the molecule is C=CCCC(=O)N(C)[C@@H](C)[C@@H](OC(=O)[C@@H]1[C@H]2O[C@@]3(CC2Br)[C@H](C(=O)N(CC=C)CCCCC)N(CCCCCO)C(=O)[C@@H]13)c1ccccc1. The molecule has 0 radical (unpaired) electrons. The highest BCUT2D eigenvalue weighted by atomic mass is 79.9. The molecular formula is C38H54BrN3O7. The lowest BCUT2D eigenvalue weighted by molar-refractivity contribution is -0.164. The number of rotatable bonds is 20. The van der Waals surface area contributed by atoms with Gasteiger partial charge in [-0.05, 0) is 51.0 Å². The third kappa shape index (κ3) is 8.15. The lowest BCUT2D eigenvalue weighted by atomic mass is 9.70. The van der Waals surface area contributed by atoms with Gasteiger partial charge in [-0.25, -0.2) is 0 Å². The third-order valence-electron chi connectivity index (χ3n) is 10.4. The molecule has 3 fully saturated rings. The molecule has 1 unspecified atom stereocenters. The second kappa shape index (κ2) is 17.8. The number of halogens is 1. The van der Waals surface area contributed by atoms with Gasteiger partial charge < -0.3 is 29.3 Å². The number of aliphatic hydroxyl groups is 1. The van der Waals surface area contributed by atoms with Gasteiger partial charge in [0.1, 0.15) is 17.7 Å². The van der Waals surface area contributed by atoms with Crippen LogP contribution in [0.4, 0.5) is 0 Å². The molecule has 1 spiro atoms. The van der Waals surface area contributed by atoms with Gasteiger partial charge in [0.15, 0.2) is 0 Å². The lowest BCUT2D eigenvalue weighted by Gasteiger charge is -2.37. The van der Waals surface area contributed by atoms with Crippen molar-refractivity contribution in [2.45, 2.75) is 106 Å². The van der Waals surface area contributed by atoms with E-state index in [9.17, 15) is 24.3 Å². The number of unbranched alkanes of at least 4 members (excludes halogenated alkanes) is 4. The summed E-state index contributed by atoms with van der Waals surface area (Å²) in [6, 6.07) is 7.89. The van der Waals surface area contributed by atoms with Crippen LogP contribution in [0.1, 0.15) is 83.3 Å². The number of esters is 1. The lowest BCUT2D eigenvalue weighted by Crippen LogP contribution is -2.57. The molecule has 0 saturated carbocycles. The fourth-order valence-electron chi connectivity index (χ4n) is 7.79. The highest BCUT2D eigenvalue weighted by Gasteiger charge is 2.77. The van der Waals surface area contributed by atoms with E-state index >= 15 is 0 Å². The van der Waals surface area contributed by atoms with Crippen LogP contribution >= 0.6 is 15.9 Å². The molecule has 4 rings (SSSR count). The van der Waals surface area contributed by atoms with E-state index in [4.69, 9.17) is 9.47 Å². The Bertz CT molecular complexity index is 1330. The number of carbonyl (C=O) groups excluding carboxylic acids is 4. The predicted molar refractivity (Wildman–Crippen MR) is 192 cm³/mol. The molecule has 11 heteroatoms. The highest BCUT2D eigenvalue weighted by molar-refractivity contribution is 9.09. The Morgan fingerprint density at radius 3 is 2.53 bits per heavy atom. The van der Waals surface area contributed by atoms with E-state index < -0.39 is 47.7 Å². The minimum Gasteiger partial charge on any atom is -0.455 e. The maximum Gasteiger partial charge on any atom is 0.313 e. The summed E-state index contributed by atoms with van der Waals surface area (Å²) in [4.78, 5) is 61.2. The molecule has 0 aromatic heterocycles. The Kier molecular flexibility index (Phi) is 14.1. The Morgan fingerprint density at radius 2 is 1.88 bits per heavy atom. The monoisotopic (exact) mass is 743 g/mol. The smallest absolute Gasteiger partial charge is 0.313 e. The number of benzene rings is 1. The van der Waals surface area contributed by atoms with Crippen molar-refractivity contribution in [3.63, 3.8) is 0 Å². The molecule has 3 saturated heterocycles. The Morgan fingerprint density at radius 1 is 1.14 bits per heavy atom. The maximum atomic E-state index is 14.5. The molecule has 49 heavy (non-hydrogen) atoms. The van der Waals surface area contributed by atoms with Crippen LogP contribution in [0, 0.1) is 11.8 Å². The standard InChI is InChI=1S/C38H54BrN3O7/c1-6-9-15-22-41(21-8-3)36(46)34-38-25-28(39)33(49-38)30(31(38)35(45)42(34)23-16-12-17-24-43)37(47)48-32(27-18-13-11-14-19-27)26(4)40(5)29(44)20-10-7-2/h7-8,11,13-14,18-19,26,28,30-34,43H,2-3,6,9-10,12,15-17,20-25H2,1,4-5H3/t26-,28?,30-,31+,32+,33-,34-,38+/m0/s1. The first-order valence-corrected chi connectivity index (χ1v) is 18.7. The van der Waals surface area contributed by atoms with Crippen LogP contribution in [0.15, 0.2) is 55.6 Å². The molecule has 3 aliphatic rings. The molecule has 1 N–H and O–H groups in total. The van der Waals surface area contributed by atoms with Gasteiger partial charge in [0, 0.05) is 44.5 Å². The number of hydrogen-bond donors (Lipinski definition) is 1. The molecular weight excluding hydrogens is 690 g/mol. The number of alkyl halides is 1. The zero-order valence-corrected chi connectivity index (χ0v) is 30.9. The first kappa shape index (κ1) is 38.8. The summed E-state index contributed by atoms with van der Waals surface area (Å²) in [6.07, 6.45) is 7.83. The van der Waals surface area contributed by atoms with Crippen molar-refractivity contribution < 1.29 is 33.8 Å². The van der Waals surface area contributed by atoms with Gasteiger partial charge >= 0.3 is 5.97 Å². The number of nitrogens with zero attached hydrogens (tertiary/aromatic N) is 3. The average Bonchev–Trinajstić information content (AvgIpc) is 3.70. The largest absolute Gasteiger partial charge is 0.455 e. The van der Waals surface area contributed by atoms with E-state index in [-0.39, 0.29) is 35.6 Å². The summed E-state index contributed by atoms with van der Waals surface area (Å²) in [5.41, 5.74) is -0.479. The summed E-state index contributed by atoms with van der Waals surface area (Å²) < 4.78 is 13.1. The minimum absolute atomic E-state index is 0.0490. The van der Waals surface area contributed by atoms with Crippen LogP contribution in [0.3, 0.4) is 0 Å². The van der Waals surface area contributed by atoms with Crippen molar-refractivity contribution in [2.75, 3.05) is 33.3 Å². The van der Waals surface area contributed by atoms with Gasteiger partial charge in [-0.1, -0.05) is 78.2 Å². The molecule has 270 valence electrons. The first-order chi connectivity index (χ1) is 23.6. The number of amides is 3. The van der Waals surface area contributed by atoms with Gasteiger partial charge in [-0.3, -0.25) is 19.2 Å². The molecule has 3 aliphatic heterocycles. The summed E-state index contributed by atoms with van der Waals surface area (Å²) in [5.74, 6) is -3.00. The van der Waals surface area contributed by atoms with E-state index in [1.807, 2.05) is 37.3 Å². The topological polar surface area (TPSA) is 117 Å². The summed E-state index contributed by atoms with van der Waals surface area (Å²) in [5, 5.41) is 9.37. The van der Waals surface area contributed by atoms with Crippen molar-refractivity contribution in [1.29, 1.82) is 0 Å². The normalized spacial score (nSPS) is 26.6. The predicted octanol–water partition coefficient (Wildman–Crippen LogP) is 5.20. The summed E-state index contributed by atoms with van der Waals surface area (Å²) in [7, 11) is 1.70. The Balaban J connectivity index is 1.68. The quantitative estimate of drug-likeness (QED) is 0.0845. The maximum absolute atomic E-state index is 14.5. The van der Waals surface area contributed by atoms with Crippen LogP contribution in [0.2, 0.25) is 0 Å². The fraction of sp³-hybridized carbons (Fsp3) is 0.632. The van der Waals surface area contributed by atoms with Crippen LogP contribution < -0.4 is 0 Å². The molecule has 1 aromatic carbocycles. The number of aliphatic hydroxyl groups excluding tert-OH is 1. The minimum atomic E-state index is -1.21. The van der Waals surface area contributed by atoms with E-state index in [2.05, 4.69) is 36.0 Å². The second-order valence-electron chi connectivity index (χ2n) is 13.6. The molecule has 2 bridgehead atoms. The van der Waals surface area contributed by atoms with Gasteiger partial charge in [0.2, 0.25) is 17.7 Å². The van der Waals surface area contributed by atoms with E-state index in [1.54, 1.807) is 33.9 Å². The molecule has 10 nitrogen and oxygen atoms in total. The number of allylic oxidation sites excluding steroid dienone is 1. The van der Waals surface area contributed by atoms with Crippen molar-refractivity contribution in [1.82, 2.24) is 14.7 Å². The highest BCUT2D eigenvalue weighted by Crippen LogP contribution is 2.60. The van der Waals surface area contributed by atoms with E-state index in [1.165, 1.54) is 0 Å². The molecule has 8 atom stereocenters. The first-order valence-electron chi connectivity index (χ1n) is 17.8. The average molecular weight is 745 g/mol. The van der Waals surface area contributed by atoms with Crippen LogP contribution in [0.5, 0.6) is 0 Å². The van der Waals surface area contributed by atoms with E-state index in [0.717, 1.165) is 24.8 Å². The van der Waals surface area contributed by atoms with Crippen molar-refractivity contribution in [3.05, 3.63) is 61.2 Å². The number of likely N-dealkylation sites (N-methyl/N-ethyl adjacent to an activating group) is 1. The van der Waals surface area contributed by atoms with Crippen molar-refractivity contribution >= 4 is 39.6 Å². The van der Waals surface area contributed by atoms with E-state index in [0.29, 0.717) is 51.7 Å². The Hall–Kier alpha value is -3.02. The van der Waals surface area contributed by atoms with Crippen molar-refractivity contribution in [3.8, 4) is 0 Å². The molecule has 3 amide bonds. The number of carbonyl (C=O) groups is 4. The third-order valence-corrected chi connectivity index (χ3v) is 11.3. The summed E-state index contributed by atoms with van der Waals surface area (Å²) in [6.45, 7) is 12.8. The van der Waals surface area contributed by atoms with Crippen LogP contribution in [0.25, 0.3) is 0 Å². The zero-order valence-electron chi connectivity index (χ0n) is 29.3. The fourth-order valence-corrected chi connectivity index (χ4v) is 8.73. The number of ether oxygens (including phenoxy) is 2. The van der Waals surface area contributed by atoms with Gasteiger partial charge in [-0.2, -0.15) is 0 Å². The molecule has 1 aromatic rings. The molecule has 3 heterocycles. The molecule has 0 aliphatic carbocycles. The van der Waals surface area contributed by atoms with Crippen LogP contribution in [-0.2, 0) is 28.7 Å². The number of likely N-dealkylation sites (tertiary alicyclic amines) is 1. The van der Waals surface area contributed by atoms with Gasteiger partial charge in [0.05, 0.1) is 24.0 Å². The number of hydrogen-bond acceptors (Lipinski definition) is 7.